The zero-order chi connectivity index (χ0) is 25.8. The van der Waals surface area contributed by atoms with Crippen LogP contribution >= 0.6 is 0 Å². The molecule has 0 N–H and O–H groups in total. The van der Waals surface area contributed by atoms with Crippen molar-refractivity contribution < 1.29 is 0 Å². The molecule has 1 fully saturated rings. The molecule has 0 spiro atoms. The number of aryl methyl sites for hydroxylation is 1. The number of fused-ring (bicyclic) bond motifs is 7. The first-order valence-corrected chi connectivity index (χ1v) is 15.0. The van der Waals surface area contributed by atoms with Gasteiger partial charge in [0.15, 0.2) is 0 Å². The second-order valence-electron chi connectivity index (χ2n) is 11.8. The van der Waals surface area contributed by atoms with E-state index >= 15 is 0 Å². The topological polar surface area (TPSA) is 4.93 Å². The summed E-state index contributed by atoms with van der Waals surface area (Å²) in [6.45, 7) is 0. The van der Waals surface area contributed by atoms with E-state index in [4.69, 9.17) is 0 Å². The average Bonchev–Trinajstić information content (AvgIpc) is 3.36. The molecule has 1 atom stereocenters. The molecule has 3 aliphatic rings. The van der Waals surface area contributed by atoms with Gasteiger partial charge in [0.1, 0.15) is 0 Å². The summed E-state index contributed by atoms with van der Waals surface area (Å²) in [4.78, 5) is 0. The van der Waals surface area contributed by atoms with E-state index in [1.54, 1.807) is 5.56 Å². The Balaban J connectivity index is 1.33. The molecule has 1 aromatic heterocycles. The monoisotopic (exact) mass is 505 g/mol. The predicted molar refractivity (Wildman–Crippen MR) is 167 cm³/mol. The molecule has 0 amide bonds. The number of benzene rings is 4. The number of para-hydroxylation sites is 1. The maximum absolute atomic E-state index is 2.71. The first-order valence-electron chi connectivity index (χ1n) is 15.0. The molecule has 0 saturated heterocycles. The summed E-state index contributed by atoms with van der Waals surface area (Å²) in [5, 5.41) is 5.78. The molecule has 0 aliphatic heterocycles. The van der Waals surface area contributed by atoms with Gasteiger partial charge in [0.2, 0.25) is 0 Å². The molecule has 1 nitrogen and oxygen atoms in total. The van der Waals surface area contributed by atoms with Crippen LogP contribution < -0.4 is 0 Å². The van der Waals surface area contributed by atoms with Crippen LogP contribution in [0.2, 0.25) is 0 Å². The fourth-order valence-electron chi connectivity index (χ4n) is 7.70. The van der Waals surface area contributed by atoms with E-state index in [1.165, 1.54) is 86.9 Å². The Labute approximate surface area is 231 Å². The second kappa shape index (κ2) is 9.42. The molecule has 0 bridgehead atoms. The molecule has 1 unspecified atom stereocenters. The summed E-state index contributed by atoms with van der Waals surface area (Å²) < 4.78 is 2.71. The highest BCUT2D eigenvalue weighted by Crippen LogP contribution is 2.45. The summed E-state index contributed by atoms with van der Waals surface area (Å²) in [7, 11) is 0. The van der Waals surface area contributed by atoms with Gasteiger partial charge < -0.3 is 4.57 Å². The third-order valence-corrected chi connectivity index (χ3v) is 9.55. The minimum atomic E-state index is 0.465. The molecule has 0 radical (unpaired) electrons. The number of allylic oxidation sites excluding steroid dienone is 5. The first kappa shape index (κ1) is 23.1. The molecular weight excluding hydrogens is 470 g/mol. The Kier molecular flexibility index (Phi) is 5.57. The van der Waals surface area contributed by atoms with E-state index in [0.717, 1.165) is 19.3 Å². The highest BCUT2D eigenvalue weighted by molar-refractivity contribution is 6.22. The van der Waals surface area contributed by atoms with Gasteiger partial charge in [0.05, 0.1) is 5.52 Å². The summed E-state index contributed by atoms with van der Waals surface area (Å²) in [5.74, 6) is 0.465. The summed E-state index contributed by atoms with van der Waals surface area (Å²) in [6.07, 6.45) is 22.0. The van der Waals surface area contributed by atoms with Crippen molar-refractivity contribution in [3.63, 3.8) is 0 Å². The van der Waals surface area contributed by atoms with Gasteiger partial charge >= 0.3 is 0 Å². The van der Waals surface area contributed by atoms with Crippen LogP contribution in [-0.2, 0) is 6.42 Å². The van der Waals surface area contributed by atoms with Crippen molar-refractivity contribution in [3.8, 4) is 0 Å². The van der Waals surface area contributed by atoms with Crippen molar-refractivity contribution in [2.75, 3.05) is 0 Å². The quantitative estimate of drug-likeness (QED) is 0.230. The van der Waals surface area contributed by atoms with E-state index in [1.807, 2.05) is 0 Å². The van der Waals surface area contributed by atoms with Crippen LogP contribution in [0.5, 0.6) is 0 Å². The van der Waals surface area contributed by atoms with E-state index in [9.17, 15) is 0 Å². The van der Waals surface area contributed by atoms with E-state index in [0.29, 0.717) is 12.0 Å². The van der Waals surface area contributed by atoms with Gasteiger partial charge in [-0.15, -0.1) is 0 Å². The number of hydrogen-bond donors (Lipinski definition) is 0. The minimum Gasteiger partial charge on any atom is -0.337 e. The van der Waals surface area contributed by atoms with E-state index in [2.05, 4.69) is 108 Å². The molecule has 192 valence electrons. The molecule has 1 heterocycles. The van der Waals surface area contributed by atoms with Crippen LogP contribution in [-0.4, -0.2) is 4.57 Å². The Morgan fingerprint density at radius 2 is 1.59 bits per heavy atom. The van der Waals surface area contributed by atoms with Gasteiger partial charge in [-0.2, -0.15) is 0 Å². The zero-order valence-corrected chi connectivity index (χ0v) is 22.6. The largest absolute Gasteiger partial charge is 0.337 e. The van der Waals surface area contributed by atoms with Crippen molar-refractivity contribution in [2.24, 2.45) is 0 Å². The van der Waals surface area contributed by atoms with Crippen LogP contribution in [0.25, 0.3) is 44.2 Å². The van der Waals surface area contributed by atoms with Crippen LogP contribution in [0, 0.1) is 0 Å². The molecular formula is C38H35N. The van der Waals surface area contributed by atoms with Crippen molar-refractivity contribution in [3.05, 3.63) is 119 Å². The predicted octanol–water partition coefficient (Wildman–Crippen LogP) is 10.5. The molecule has 1 heteroatoms. The summed E-state index contributed by atoms with van der Waals surface area (Å²) in [5.41, 5.74) is 10.00. The molecule has 39 heavy (non-hydrogen) atoms. The van der Waals surface area contributed by atoms with Crippen molar-refractivity contribution in [1.82, 2.24) is 4.57 Å². The maximum atomic E-state index is 2.71. The molecule has 4 aromatic carbocycles. The second-order valence-corrected chi connectivity index (χ2v) is 11.8. The first-order chi connectivity index (χ1) is 19.4. The molecule has 1 saturated carbocycles. The maximum Gasteiger partial charge on any atom is 0.0500 e. The fourth-order valence-corrected chi connectivity index (χ4v) is 7.70. The van der Waals surface area contributed by atoms with E-state index in [-0.39, 0.29) is 0 Å². The number of nitrogens with zero attached hydrogens (tertiary/aromatic N) is 1. The van der Waals surface area contributed by atoms with Gasteiger partial charge in [0, 0.05) is 28.2 Å². The third-order valence-electron chi connectivity index (χ3n) is 9.55. The number of aromatic nitrogens is 1. The SMILES string of the molecule is C1=Cc2c(C3=CCC(c4ccccc4)C=C3)cc3ccc4c(c5ccccc5n4C4CCCCC4)c3c2CC1. The number of rotatable bonds is 3. The molecule has 5 aromatic rings. The lowest BCUT2D eigenvalue weighted by Gasteiger charge is -2.25. The average molecular weight is 506 g/mol. The normalized spacial score (nSPS) is 19.6. The van der Waals surface area contributed by atoms with Crippen molar-refractivity contribution in [1.29, 1.82) is 0 Å². The van der Waals surface area contributed by atoms with Crippen LogP contribution in [0.4, 0.5) is 0 Å². The zero-order valence-electron chi connectivity index (χ0n) is 22.6. The van der Waals surface area contributed by atoms with Gasteiger partial charge in [-0.3, -0.25) is 0 Å². The molecule has 3 aliphatic carbocycles. The van der Waals surface area contributed by atoms with Crippen molar-refractivity contribution >= 4 is 44.2 Å². The Morgan fingerprint density at radius 3 is 2.44 bits per heavy atom. The van der Waals surface area contributed by atoms with Gasteiger partial charge in [0.25, 0.3) is 0 Å². The van der Waals surface area contributed by atoms with Gasteiger partial charge in [-0.05, 0) is 88.9 Å². The highest BCUT2D eigenvalue weighted by atomic mass is 15.0. The Morgan fingerprint density at radius 1 is 0.744 bits per heavy atom. The standard InChI is InChI=1S/C38H35N/c1-3-11-26(12-4-1)27-19-21-28(22-20-27)34-25-29-23-24-36-38(37(29)32-16-8-7-15-31(32)34)33-17-9-10-18-35(33)39(36)30-13-5-2-6-14-30/h1,3-4,7,9-12,15,17-19,21-25,27,30H,2,5-6,8,13-14,16,20H2. The van der Waals surface area contributed by atoms with Crippen LogP contribution in [0.1, 0.15) is 79.2 Å². The lowest BCUT2D eigenvalue weighted by molar-refractivity contribution is 0.367. The third kappa shape index (κ3) is 3.74. The summed E-state index contributed by atoms with van der Waals surface area (Å²) in [6, 6.07) is 28.0. The van der Waals surface area contributed by atoms with Crippen LogP contribution in [0.3, 0.4) is 0 Å². The Bertz CT molecular complexity index is 1800. The van der Waals surface area contributed by atoms with Gasteiger partial charge in [-0.1, -0.05) is 104 Å². The van der Waals surface area contributed by atoms with Gasteiger partial charge in [-0.25, -0.2) is 0 Å². The Hall–Kier alpha value is -3.84. The lowest BCUT2D eigenvalue weighted by atomic mass is 9.82. The smallest absolute Gasteiger partial charge is 0.0500 e. The van der Waals surface area contributed by atoms with E-state index < -0.39 is 0 Å². The molecule has 8 rings (SSSR count). The summed E-state index contributed by atoms with van der Waals surface area (Å²) >= 11 is 0. The fraction of sp³-hybridized carbons (Fsp3) is 0.263. The lowest BCUT2D eigenvalue weighted by Crippen LogP contribution is -2.12. The van der Waals surface area contributed by atoms with Crippen LogP contribution in [0.15, 0.2) is 97.1 Å². The minimum absolute atomic E-state index is 0.465. The highest BCUT2D eigenvalue weighted by Gasteiger charge is 2.24. The number of hydrogen-bond acceptors (Lipinski definition) is 0. The van der Waals surface area contributed by atoms with Crippen molar-refractivity contribution in [2.45, 2.75) is 63.3 Å².